The molecule has 0 aromatic carbocycles. The Morgan fingerprint density at radius 2 is 2.25 bits per heavy atom. The zero-order chi connectivity index (χ0) is 14.4. The molecule has 0 unspecified atom stereocenters. The number of aromatic nitrogens is 2. The zero-order valence-electron chi connectivity index (χ0n) is 10.4. The maximum absolute atomic E-state index is 13.0. The van der Waals surface area contributed by atoms with Gasteiger partial charge in [0.15, 0.2) is 0 Å². The number of pyridine rings is 2. The summed E-state index contributed by atoms with van der Waals surface area (Å²) in [6, 6.07) is 6.10. The third-order valence-electron chi connectivity index (χ3n) is 2.28. The summed E-state index contributed by atoms with van der Waals surface area (Å²) < 4.78 is 13.0. The van der Waals surface area contributed by atoms with Crippen LogP contribution in [0.3, 0.4) is 0 Å². The summed E-state index contributed by atoms with van der Waals surface area (Å²) in [5, 5.41) is 2.55. The number of nitrogens with two attached hydrogens (primary N) is 1. The monoisotopic (exact) mass is 270 g/mol. The number of hydrogen-bond donors (Lipinski definition) is 2. The molecular formula is C14H11FN4O. The minimum Gasteiger partial charge on any atom is -0.320 e. The Morgan fingerprint density at radius 1 is 1.40 bits per heavy atom. The van der Waals surface area contributed by atoms with Gasteiger partial charge in [-0.1, -0.05) is 12.0 Å². The molecular weight excluding hydrogens is 259 g/mol. The topological polar surface area (TPSA) is 80.9 Å². The second kappa shape index (κ2) is 6.41. The first-order valence-corrected chi connectivity index (χ1v) is 5.77. The highest BCUT2D eigenvalue weighted by Gasteiger charge is 2.08. The van der Waals surface area contributed by atoms with Gasteiger partial charge in [-0.25, -0.2) is 9.37 Å². The molecule has 3 N–H and O–H groups in total. The van der Waals surface area contributed by atoms with Gasteiger partial charge in [0.1, 0.15) is 17.3 Å². The molecule has 0 fully saturated rings. The molecule has 0 aliphatic heterocycles. The molecule has 1 amide bonds. The summed E-state index contributed by atoms with van der Waals surface area (Å²) in [4.78, 5) is 19.6. The second-order valence-electron chi connectivity index (χ2n) is 3.76. The lowest BCUT2D eigenvalue weighted by Gasteiger charge is -2.04. The fraction of sp³-hybridized carbons (Fsp3) is 0.0714. The van der Waals surface area contributed by atoms with E-state index in [1.807, 2.05) is 0 Å². The molecule has 20 heavy (non-hydrogen) atoms. The SMILES string of the molecule is NCC#Cc1cccc(NC(=O)c2cncc(F)c2)n1. The molecule has 2 heterocycles. The molecule has 2 aromatic rings. The molecule has 6 heteroatoms. The molecule has 0 atom stereocenters. The summed E-state index contributed by atoms with van der Waals surface area (Å²) in [7, 11) is 0. The number of amides is 1. The zero-order valence-corrected chi connectivity index (χ0v) is 10.4. The Bertz CT molecular complexity index is 691. The first kappa shape index (κ1) is 13.6. The maximum atomic E-state index is 13.0. The molecule has 2 rings (SSSR count). The lowest BCUT2D eigenvalue weighted by atomic mass is 10.2. The third kappa shape index (κ3) is 3.60. The number of nitrogens with one attached hydrogen (secondary N) is 1. The fourth-order valence-corrected chi connectivity index (χ4v) is 1.44. The van der Waals surface area contributed by atoms with Crippen LogP contribution in [-0.4, -0.2) is 22.4 Å². The van der Waals surface area contributed by atoms with Gasteiger partial charge in [-0.15, -0.1) is 0 Å². The second-order valence-corrected chi connectivity index (χ2v) is 3.76. The Hall–Kier alpha value is -2.78. The average Bonchev–Trinajstić information content (AvgIpc) is 2.45. The van der Waals surface area contributed by atoms with Crippen molar-refractivity contribution in [2.75, 3.05) is 11.9 Å². The van der Waals surface area contributed by atoms with Crippen molar-refractivity contribution in [1.82, 2.24) is 9.97 Å². The predicted molar refractivity (Wildman–Crippen MR) is 72.3 cm³/mol. The molecule has 0 spiro atoms. The number of carbonyl (C=O) groups is 1. The summed E-state index contributed by atoms with van der Waals surface area (Å²) in [6.07, 6.45) is 2.30. The van der Waals surface area contributed by atoms with Gasteiger partial charge in [-0.05, 0) is 24.1 Å². The Morgan fingerprint density at radius 3 is 3.00 bits per heavy atom. The van der Waals surface area contributed by atoms with Crippen molar-refractivity contribution in [3.63, 3.8) is 0 Å². The van der Waals surface area contributed by atoms with Crippen molar-refractivity contribution < 1.29 is 9.18 Å². The highest BCUT2D eigenvalue weighted by molar-refractivity contribution is 6.03. The van der Waals surface area contributed by atoms with Crippen LogP contribution in [0.5, 0.6) is 0 Å². The van der Waals surface area contributed by atoms with Crippen LogP contribution in [-0.2, 0) is 0 Å². The van der Waals surface area contributed by atoms with Gasteiger partial charge in [0.05, 0.1) is 18.3 Å². The Balaban J connectivity index is 2.15. The molecule has 0 bridgehead atoms. The van der Waals surface area contributed by atoms with Crippen LogP contribution in [0.15, 0.2) is 36.7 Å². The third-order valence-corrected chi connectivity index (χ3v) is 2.28. The molecule has 0 radical (unpaired) electrons. The lowest BCUT2D eigenvalue weighted by molar-refractivity contribution is 0.102. The van der Waals surface area contributed by atoms with Crippen molar-refractivity contribution in [3.05, 3.63) is 53.7 Å². The lowest BCUT2D eigenvalue weighted by Crippen LogP contribution is -2.13. The molecule has 100 valence electrons. The number of rotatable bonds is 2. The van der Waals surface area contributed by atoms with Crippen molar-refractivity contribution in [2.24, 2.45) is 5.73 Å². The number of anilines is 1. The van der Waals surface area contributed by atoms with Gasteiger partial charge in [-0.3, -0.25) is 9.78 Å². The van der Waals surface area contributed by atoms with Crippen LogP contribution >= 0.6 is 0 Å². The summed E-state index contributed by atoms with van der Waals surface area (Å²) in [5.74, 6) is 4.68. The van der Waals surface area contributed by atoms with Crippen LogP contribution in [0.2, 0.25) is 0 Å². The highest BCUT2D eigenvalue weighted by atomic mass is 19.1. The van der Waals surface area contributed by atoms with Crippen molar-refractivity contribution >= 4 is 11.7 Å². The van der Waals surface area contributed by atoms with E-state index in [1.54, 1.807) is 18.2 Å². The van der Waals surface area contributed by atoms with E-state index in [-0.39, 0.29) is 12.1 Å². The quantitative estimate of drug-likeness (QED) is 0.803. The number of hydrogen-bond acceptors (Lipinski definition) is 4. The van der Waals surface area contributed by atoms with E-state index < -0.39 is 11.7 Å². The van der Waals surface area contributed by atoms with E-state index in [1.165, 1.54) is 6.20 Å². The van der Waals surface area contributed by atoms with Crippen LogP contribution < -0.4 is 11.1 Å². The maximum Gasteiger partial charge on any atom is 0.258 e. The molecule has 5 nitrogen and oxygen atoms in total. The summed E-state index contributed by atoms with van der Waals surface area (Å²) >= 11 is 0. The van der Waals surface area contributed by atoms with Crippen molar-refractivity contribution in [3.8, 4) is 11.8 Å². The van der Waals surface area contributed by atoms with Crippen LogP contribution in [0.25, 0.3) is 0 Å². The molecule has 0 aliphatic rings. The smallest absolute Gasteiger partial charge is 0.258 e. The predicted octanol–water partition coefficient (Wildman–Crippen LogP) is 1.18. The van der Waals surface area contributed by atoms with E-state index in [2.05, 4.69) is 27.1 Å². The first-order valence-electron chi connectivity index (χ1n) is 5.77. The average molecular weight is 270 g/mol. The number of carbonyl (C=O) groups excluding carboxylic acids is 1. The van der Waals surface area contributed by atoms with Crippen LogP contribution in [0.1, 0.15) is 16.1 Å². The van der Waals surface area contributed by atoms with Crippen LogP contribution in [0.4, 0.5) is 10.2 Å². The Kier molecular flexibility index (Phi) is 4.37. The Labute approximate surface area is 115 Å². The van der Waals surface area contributed by atoms with Gasteiger partial charge in [0.2, 0.25) is 0 Å². The summed E-state index contributed by atoms with van der Waals surface area (Å²) in [5.41, 5.74) is 5.88. The standard InChI is InChI=1S/C14H11FN4O/c15-11-7-10(8-17-9-11)14(20)19-13-5-1-3-12(18-13)4-2-6-16/h1,3,5,7-9H,6,16H2,(H,18,19,20). The van der Waals surface area contributed by atoms with Gasteiger partial charge in [-0.2, -0.15) is 0 Å². The van der Waals surface area contributed by atoms with E-state index in [4.69, 9.17) is 5.73 Å². The van der Waals surface area contributed by atoms with E-state index >= 15 is 0 Å². The van der Waals surface area contributed by atoms with Gasteiger partial charge >= 0.3 is 0 Å². The first-order chi connectivity index (χ1) is 9.69. The van der Waals surface area contributed by atoms with Gasteiger partial charge < -0.3 is 11.1 Å². The van der Waals surface area contributed by atoms with E-state index in [0.29, 0.717) is 11.5 Å². The van der Waals surface area contributed by atoms with Gasteiger partial charge in [0.25, 0.3) is 5.91 Å². The molecule has 0 aliphatic carbocycles. The number of nitrogens with zero attached hydrogens (tertiary/aromatic N) is 2. The normalized spacial score (nSPS) is 9.50. The minimum atomic E-state index is -0.576. The van der Waals surface area contributed by atoms with Crippen molar-refractivity contribution in [2.45, 2.75) is 0 Å². The van der Waals surface area contributed by atoms with Gasteiger partial charge in [0, 0.05) is 6.20 Å². The molecule has 0 saturated carbocycles. The largest absolute Gasteiger partial charge is 0.320 e. The minimum absolute atomic E-state index is 0.116. The highest BCUT2D eigenvalue weighted by Crippen LogP contribution is 2.08. The summed E-state index contributed by atoms with van der Waals surface area (Å²) in [6.45, 7) is 0.229. The fourth-order valence-electron chi connectivity index (χ4n) is 1.44. The van der Waals surface area contributed by atoms with E-state index in [9.17, 15) is 9.18 Å². The molecule has 2 aromatic heterocycles. The van der Waals surface area contributed by atoms with Crippen molar-refractivity contribution in [1.29, 1.82) is 0 Å². The van der Waals surface area contributed by atoms with E-state index in [0.717, 1.165) is 12.3 Å². The van der Waals surface area contributed by atoms with Crippen LogP contribution in [0, 0.1) is 17.7 Å². The molecule has 0 saturated heterocycles. The number of halogens is 1.